The fraction of sp³-hybridized carbons (Fsp3) is 0.179. The molecule has 3 amide bonds. The normalized spacial score (nSPS) is 26.3. The van der Waals surface area contributed by atoms with Crippen molar-refractivity contribution < 1.29 is 14.4 Å². The number of rotatable bonds is 3. The summed E-state index contributed by atoms with van der Waals surface area (Å²) in [5.74, 6) is -2.86. The Morgan fingerprint density at radius 1 is 0.892 bits per heavy atom. The van der Waals surface area contributed by atoms with Crippen molar-refractivity contribution in [3.8, 4) is 0 Å². The number of nitrogens with zero attached hydrogens (tertiary/aromatic N) is 1. The van der Waals surface area contributed by atoms with E-state index in [0.29, 0.717) is 33.4 Å². The van der Waals surface area contributed by atoms with Crippen LogP contribution in [0.15, 0.2) is 72.9 Å². The number of amides is 3. The van der Waals surface area contributed by atoms with Gasteiger partial charge in [0.1, 0.15) is 5.54 Å². The van der Waals surface area contributed by atoms with E-state index in [9.17, 15) is 14.4 Å². The van der Waals surface area contributed by atoms with Crippen molar-refractivity contribution >= 4 is 63.2 Å². The first-order valence-corrected chi connectivity index (χ1v) is 12.7. The van der Waals surface area contributed by atoms with Crippen molar-refractivity contribution in [2.75, 3.05) is 10.2 Å². The van der Waals surface area contributed by atoms with Crippen LogP contribution >= 0.6 is 23.2 Å². The fourth-order valence-corrected chi connectivity index (χ4v) is 6.91. The zero-order valence-electron chi connectivity index (χ0n) is 19.3. The van der Waals surface area contributed by atoms with E-state index in [1.165, 1.54) is 0 Å². The average Bonchev–Trinajstić information content (AvgIpc) is 3.57. The monoisotopic (exact) mass is 530 g/mol. The molecule has 0 bridgehead atoms. The zero-order valence-corrected chi connectivity index (χ0v) is 20.8. The number of nitrogens with one attached hydrogen (secondary N) is 3. The Morgan fingerprint density at radius 2 is 1.62 bits per heavy atom. The Kier molecular flexibility index (Phi) is 4.83. The van der Waals surface area contributed by atoms with Crippen LogP contribution in [-0.4, -0.2) is 28.7 Å². The molecule has 0 radical (unpaired) electrons. The molecular formula is C28H20Cl2N4O3. The van der Waals surface area contributed by atoms with Crippen molar-refractivity contribution in [2.24, 2.45) is 11.8 Å². The lowest BCUT2D eigenvalue weighted by Gasteiger charge is -2.29. The van der Waals surface area contributed by atoms with Gasteiger partial charge in [0.05, 0.1) is 17.5 Å². The Labute approximate surface area is 221 Å². The molecule has 3 aliphatic heterocycles. The van der Waals surface area contributed by atoms with E-state index in [0.717, 1.165) is 21.4 Å². The van der Waals surface area contributed by atoms with Gasteiger partial charge in [-0.2, -0.15) is 0 Å². The second kappa shape index (κ2) is 7.92. The van der Waals surface area contributed by atoms with E-state index in [1.54, 1.807) is 24.3 Å². The molecule has 9 heteroatoms. The third kappa shape index (κ3) is 3.08. The third-order valence-electron chi connectivity index (χ3n) is 7.84. The summed E-state index contributed by atoms with van der Waals surface area (Å²) >= 11 is 12.4. The minimum Gasteiger partial charge on any atom is -0.361 e. The number of carbonyl (C=O) groups is 3. The summed E-state index contributed by atoms with van der Waals surface area (Å²) in [6.45, 7) is 0. The van der Waals surface area contributed by atoms with Gasteiger partial charge in [-0.1, -0.05) is 59.6 Å². The second-order valence-electron chi connectivity index (χ2n) is 9.77. The van der Waals surface area contributed by atoms with E-state index in [-0.39, 0.29) is 11.8 Å². The van der Waals surface area contributed by atoms with E-state index in [1.807, 2.05) is 48.7 Å². The maximum Gasteiger partial charge on any atom is 0.250 e. The van der Waals surface area contributed by atoms with Gasteiger partial charge in [-0.3, -0.25) is 19.7 Å². The molecule has 2 saturated heterocycles. The van der Waals surface area contributed by atoms with Gasteiger partial charge >= 0.3 is 0 Å². The van der Waals surface area contributed by atoms with Crippen molar-refractivity contribution in [1.82, 2.24) is 10.3 Å². The molecule has 1 spiro atoms. The minimum atomic E-state index is -1.37. The van der Waals surface area contributed by atoms with Gasteiger partial charge in [0.15, 0.2) is 0 Å². The quantitative estimate of drug-likeness (QED) is 0.336. The summed E-state index contributed by atoms with van der Waals surface area (Å²) < 4.78 is 0. The number of hydrogen-bond acceptors (Lipinski definition) is 4. The topological polar surface area (TPSA) is 94.3 Å². The molecule has 3 aliphatic rings. The van der Waals surface area contributed by atoms with Crippen LogP contribution in [0.4, 0.5) is 11.4 Å². The van der Waals surface area contributed by atoms with Crippen molar-refractivity contribution in [3.05, 3.63) is 94.1 Å². The number of para-hydroxylation sites is 2. The van der Waals surface area contributed by atoms with Gasteiger partial charge < -0.3 is 10.3 Å². The van der Waals surface area contributed by atoms with Crippen LogP contribution in [0, 0.1) is 11.8 Å². The van der Waals surface area contributed by atoms with Gasteiger partial charge in [-0.25, -0.2) is 4.90 Å². The van der Waals surface area contributed by atoms with Crippen molar-refractivity contribution in [3.63, 3.8) is 0 Å². The van der Waals surface area contributed by atoms with Crippen LogP contribution in [-0.2, 0) is 26.3 Å². The lowest BCUT2D eigenvalue weighted by Crippen LogP contribution is -2.53. The lowest BCUT2D eigenvalue weighted by molar-refractivity contribution is -0.130. The molecule has 3 aromatic carbocycles. The van der Waals surface area contributed by atoms with Crippen LogP contribution in [0.5, 0.6) is 0 Å². The van der Waals surface area contributed by atoms with E-state index < -0.39 is 29.3 Å². The number of imide groups is 1. The van der Waals surface area contributed by atoms with Gasteiger partial charge in [0.25, 0.3) is 0 Å². The van der Waals surface area contributed by atoms with Crippen molar-refractivity contribution in [2.45, 2.75) is 18.0 Å². The smallest absolute Gasteiger partial charge is 0.250 e. The van der Waals surface area contributed by atoms with Crippen LogP contribution in [0.25, 0.3) is 10.9 Å². The standard InChI is InChI=1S/C28H20Cl2N4O3/c29-15-10-16(30)12-17(11-15)34-25(35)23-22(9-14-13-31-20-7-3-1-5-18(14)20)33-28(24(23)26(34)36)19-6-2-4-8-21(19)32-27(28)37/h1-8,10-13,22-24,31,33H,9H2,(H,32,37)/t22-,23-,24+,28+/m1/s1. The largest absolute Gasteiger partial charge is 0.361 e. The lowest BCUT2D eigenvalue weighted by atomic mass is 9.76. The maximum atomic E-state index is 14.1. The second-order valence-corrected chi connectivity index (χ2v) is 10.6. The summed E-state index contributed by atoms with van der Waals surface area (Å²) in [7, 11) is 0. The molecule has 184 valence electrons. The number of aromatic amines is 1. The fourth-order valence-electron chi connectivity index (χ4n) is 6.39. The third-order valence-corrected chi connectivity index (χ3v) is 8.28. The summed E-state index contributed by atoms with van der Waals surface area (Å²) in [5.41, 5.74) is 2.21. The average molecular weight is 531 g/mol. The highest BCUT2D eigenvalue weighted by Crippen LogP contribution is 2.54. The summed E-state index contributed by atoms with van der Waals surface area (Å²) in [5, 5.41) is 8.07. The SMILES string of the molecule is O=C1[C@H]2[C@@H](C(=O)N1c1cc(Cl)cc(Cl)c1)[C@]1(N[C@@H]2Cc2c[nH]c3ccccc23)C(=O)Nc2ccccc21. The first-order chi connectivity index (χ1) is 17.9. The summed E-state index contributed by atoms with van der Waals surface area (Å²) in [4.78, 5) is 46.2. The molecular weight excluding hydrogens is 511 g/mol. The number of aromatic nitrogens is 1. The molecule has 4 atom stereocenters. The van der Waals surface area contributed by atoms with Crippen LogP contribution in [0.1, 0.15) is 11.1 Å². The predicted octanol–water partition coefficient (Wildman–Crippen LogP) is 4.64. The van der Waals surface area contributed by atoms with Crippen LogP contribution < -0.4 is 15.5 Å². The minimum absolute atomic E-state index is 0.301. The number of hydrogen-bond donors (Lipinski definition) is 3. The highest BCUT2D eigenvalue weighted by atomic mass is 35.5. The molecule has 0 unspecified atom stereocenters. The molecule has 3 N–H and O–H groups in total. The molecule has 7 nitrogen and oxygen atoms in total. The molecule has 4 heterocycles. The van der Waals surface area contributed by atoms with E-state index in [2.05, 4.69) is 15.6 Å². The first-order valence-electron chi connectivity index (χ1n) is 12.0. The van der Waals surface area contributed by atoms with E-state index >= 15 is 0 Å². The molecule has 4 aromatic rings. The van der Waals surface area contributed by atoms with E-state index in [4.69, 9.17) is 23.2 Å². The Morgan fingerprint density at radius 3 is 2.43 bits per heavy atom. The van der Waals surface area contributed by atoms with Gasteiger partial charge in [-0.15, -0.1) is 0 Å². The van der Waals surface area contributed by atoms with Gasteiger partial charge in [0.2, 0.25) is 17.7 Å². The number of fused-ring (bicyclic) bond motifs is 5. The molecule has 0 saturated carbocycles. The Balaban J connectivity index is 1.38. The molecule has 37 heavy (non-hydrogen) atoms. The zero-order chi connectivity index (χ0) is 25.5. The molecule has 1 aromatic heterocycles. The maximum absolute atomic E-state index is 14.1. The Hall–Kier alpha value is -3.65. The Bertz CT molecular complexity index is 1630. The molecule has 0 aliphatic carbocycles. The summed E-state index contributed by atoms with van der Waals surface area (Å²) in [6, 6.07) is 19.4. The number of carbonyl (C=O) groups excluding carboxylic acids is 3. The number of anilines is 2. The van der Waals surface area contributed by atoms with Gasteiger partial charge in [-0.05, 0) is 42.3 Å². The molecule has 2 fully saturated rings. The number of benzene rings is 3. The van der Waals surface area contributed by atoms with Crippen LogP contribution in [0.3, 0.4) is 0 Å². The van der Waals surface area contributed by atoms with Gasteiger partial charge in [0, 0.05) is 44.4 Å². The van der Waals surface area contributed by atoms with Crippen molar-refractivity contribution in [1.29, 1.82) is 0 Å². The number of H-pyrrole nitrogens is 1. The predicted molar refractivity (Wildman–Crippen MR) is 142 cm³/mol. The highest BCUT2D eigenvalue weighted by molar-refractivity contribution is 6.36. The summed E-state index contributed by atoms with van der Waals surface area (Å²) in [6.07, 6.45) is 2.37. The first kappa shape index (κ1) is 22.5. The van der Waals surface area contributed by atoms with Crippen LogP contribution in [0.2, 0.25) is 10.0 Å². The number of halogens is 2. The highest BCUT2D eigenvalue weighted by Gasteiger charge is 2.70. The molecule has 7 rings (SSSR count).